The number of rotatable bonds is 3. The molecule has 1 N–H and O–H groups in total. The Labute approximate surface area is 105 Å². The Hall–Kier alpha value is -0.440. The average Bonchev–Trinajstić information content (AvgIpc) is 2.18. The lowest BCUT2D eigenvalue weighted by Gasteiger charge is -2.31. The highest BCUT2D eigenvalue weighted by Crippen LogP contribution is 2.42. The molecule has 0 spiro atoms. The molecule has 0 saturated heterocycles. The van der Waals surface area contributed by atoms with E-state index >= 15 is 0 Å². The molecule has 0 aromatic heterocycles. The highest BCUT2D eigenvalue weighted by molar-refractivity contribution is 6.34. The van der Waals surface area contributed by atoms with Crippen molar-refractivity contribution in [2.24, 2.45) is 5.92 Å². The minimum atomic E-state index is -0.510. The van der Waals surface area contributed by atoms with Crippen molar-refractivity contribution in [1.82, 2.24) is 0 Å². The molecule has 2 nitrogen and oxygen atoms in total. The minimum Gasteiger partial charge on any atom is -0.495 e. The quantitative estimate of drug-likeness (QED) is 0.895. The molecular weight excluding hydrogens is 247 g/mol. The summed E-state index contributed by atoms with van der Waals surface area (Å²) in [6, 6.07) is 3.35. The minimum absolute atomic E-state index is 0.321. The summed E-state index contributed by atoms with van der Waals surface area (Å²) in [5.41, 5.74) is 0.706. The maximum absolute atomic E-state index is 10.1. The lowest BCUT2D eigenvalue weighted by molar-refractivity contribution is 0.0621. The largest absolute Gasteiger partial charge is 0.495 e. The molecule has 2 rings (SSSR count). The molecule has 88 valence electrons. The predicted molar refractivity (Wildman–Crippen MR) is 65.3 cm³/mol. The van der Waals surface area contributed by atoms with Gasteiger partial charge >= 0.3 is 0 Å². The zero-order valence-electron chi connectivity index (χ0n) is 9.04. The first-order valence-corrected chi connectivity index (χ1v) is 6.10. The molecule has 1 aromatic carbocycles. The summed E-state index contributed by atoms with van der Waals surface area (Å²) in [7, 11) is 1.54. The fraction of sp³-hybridized carbons (Fsp3) is 0.500. The molecule has 16 heavy (non-hydrogen) atoms. The summed E-state index contributed by atoms with van der Waals surface area (Å²) in [6.45, 7) is 0. The molecule has 1 atom stereocenters. The van der Waals surface area contributed by atoms with Gasteiger partial charge in [0, 0.05) is 11.6 Å². The molecule has 1 saturated carbocycles. The topological polar surface area (TPSA) is 29.5 Å². The summed E-state index contributed by atoms with van der Waals surface area (Å²) in [5, 5.41) is 11.1. The van der Waals surface area contributed by atoms with E-state index in [1.54, 1.807) is 19.2 Å². The van der Waals surface area contributed by atoms with Crippen molar-refractivity contribution in [3.8, 4) is 5.75 Å². The maximum Gasteiger partial charge on any atom is 0.138 e. The smallest absolute Gasteiger partial charge is 0.138 e. The summed E-state index contributed by atoms with van der Waals surface area (Å²) in [5.74, 6) is 0.859. The predicted octanol–water partition coefficient (Wildman–Crippen LogP) is 3.84. The molecule has 1 aromatic rings. The number of aliphatic hydroxyl groups excluding tert-OH is 1. The number of benzene rings is 1. The van der Waals surface area contributed by atoms with Crippen LogP contribution in [-0.2, 0) is 0 Å². The SMILES string of the molecule is COc1cc(Cl)c(C(O)C2CCC2)cc1Cl. The molecule has 1 fully saturated rings. The molecule has 1 unspecified atom stereocenters. The van der Waals surface area contributed by atoms with Gasteiger partial charge in [0.2, 0.25) is 0 Å². The molecule has 0 aliphatic heterocycles. The van der Waals surface area contributed by atoms with Gasteiger partial charge < -0.3 is 9.84 Å². The van der Waals surface area contributed by atoms with Crippen molar-refractivity contribution in [2.75, 3.05) is 7.11 Å². The van der Waals surface area contributed by atoms with Crippen LogP contribution in [0.15, 0.2) is 12.1 Å². The highest BCUT2D eigenvalue weighted by atomic mass is 35.5. The van der Waals surface area contributed by atoms with E-state index in [9.17, 15) is 5.11 Å². The fourth-order valence-corrected chi connectivity index (χ4v) is 2.45. The molecule has 4 heteroatoms. The van der Waals surface area contributed by atoms with Crippen LogP contribution in [0.2, 0.25) is 10.0 Å². The van der Waals surface area contributed by atoms with E-state index in [1.807, 2.05) is 0 Å². The van der Waals surface area contributed by atoms with Crippen LogP contribution in [0.4, 0.5) is 0 Å². The van der Waals surface area contributed by atoms with Crippen LogP contribution < -0.4 is 4.74 Å². The van der Waals surface area contributed by atoms with Crippen molar-refractivity contribution >= 4 is 23.2 Å². The van der Waals surface area contributed by atoms with Crippen molar-refractivity contribution in [3.05, 3.63) is 27.7 Å². The van der Waals surface area contributed by atoms with E-state index in [4.69, 9.17) is 27.9 Å². The number of methoxy groups -OCH3 is 1. The lowest BCUT2D eigenvalue weighted by Crippen LogP contribution is -2.20. The van der Waals surface area contributed by atoms with Crippen molar-refractivity contribution in [3.63, 3.8) is 0 Å². The monoisotopic (exact) mass is 260 g/mol. The van der Waals surface area contributed by atoms with Gasteiger partial charge in [-0.2, -0.15) is 0 Å². The third kappa shape index (κ3) is 2.15. The third-order valence-electron chi connectivity index (χ3n) is 3.19. The van der Waals surface area contributed by atoms with Crippen LogP contribution >= 0.6 is 23.2 Å². The molecule has 0 radical (unpaired) electrons. The molecular formula is C12H14Cl2O2. The van der Waals surface area contributed by atoms with Crippen LogP contribution in [0.1, 0.15) is 30.9 Å². The highest BCUT2D eigenvalue weighted by Gasteiger charge is 2.28. The van der Waals surface area contributed by atoms with Crippen LogP contribution in [0.3, 0.4) is 0 Å². The van der Waals surface area contributed by atoms with Crippen LogP contribution in [-0.4, -0.2) is 12.2 Å². The summed E-state index contributed by atoms with van der Waals surface area (Å²) < 4.78 is 5.06. The third-order valence-corrected chi connectivity index (χ3v) is 3.81. The van der Waals surface area contributed by atoms with Gasteiger partial charge in [-0.25, -0.2) is 0 Å². The van der Waals surface area contributed by atoms with Gasteiger partial charge in [-0.1, -0.05) is 29.6 Å². The Balaban J connectivity index is 2.29. The average molecular weight is 261 g/mol. The molecule has 0 bridgehead atoms. The normalized spacial score (nSPS) is 18.0. The Morgan fingerprint density at radius 2 is 2.00 bits per heavy atom. The van der Waals surface area contributed by atoms with Gasteiger partial charge in [0.15, 0.2) is 0 Å². The van der Waals surface area contributed by atoms with Gasteiger partial charge in [0.05, 0.1) is 23.3 Å². The second-order valence-corrected chi connectivity index (χ2v) is 4.96. The molecule has 0 heterocycles. The number of hydrogen-bond acceptors (Lipinski definition) is 2. The molecule has 1 aliphatic rings. The van der Waals surface area contributed by atoms with Crippen LogP contribution in [0.25, 0.3) is 0 Å². The van der Waals surface area contributed by atoms with Crippen LogP contribution in [0.5, 0.6) is 5.75 Å². The van der Waals surface area contributed by atoms with E-state index in [0.717, 1.165) is 12.8 Å². The number of hydrogen-bond donors (Lipinski definition) is 1. The Bertz CT molecular complexity index is 389. The van der Waals surface area contributed by atoms with Crippen LogP contribution in [0, 0.1) is 5.92 Å². The second kappa shape index (κ2) is 4.82. The number of aliphatic hydroxyl groups is 1. The number of halogens is 2. The van der Waals surface area contributed by atoms with Gasteiger partial charge in [-0.3, -0.25) is 0 Å². The van der Waals surface area contributed by atoms with Gasteiger partial charge in [-0.15, -0.1) is 0 Å². The fourth-order valence-electron chi connectivity index (χ4n) is 1.94. The van der Waals surface area contributed by atoms with E-state index in [1.165, 1.54) is 6.42 Å². The lowest BCUT2D eigenvalue weighted by atomic mass is 9.79. The first kappa shape index (κ1) is 12.0. The zero-order chi connectivity index (χ0) is 11.7. The standard InChI is InChI=1S/C12H14Cl2O2/c1-16-11-6-9(13)8(5-10(11)14)12(15)7-3-2-4-7/h5-7,12,15H,2-4H2,1H3. The van der Waals surface area contributed by atoms with Crippen molar-refractivity contribution in [2.45, 2.75) is 25.4 Å². The van der Waals surface area contributed by atoms with E-state index in [0.29, 0.717) is 27.3 Å². The van der Waals surface area contributed by atoms with Gasteiger partial charge in [0.1, 0.15) is 5.75 Å². The summed E-state index contributed by atoms with van der Waals surface area (Å²) in [4.78, 5) is 0. The Kier molecular flexibility index (Phi) is 3.63. The van der Waals surface area contributed by atoms with E-state index in [-0.39, 0.29) is 0 Å². The Morgan fingerprint density at radius 3 is 2.50 bits per heavy atom. The summed E-state index contributed by atoms with van der Waals surface area (Å²) >= 11 is 12.1. The molecule has 1 aliphatic carbocycles. The first-order chi connectivity index (χ1) is 7.63. The zero-order valence-corrected chi connectivity index (χ0v) is 10.6. The first-order valence-electron chi connectivity index (χ1n) is 5.34. The van der Waals surface area contributed by atoms with E-state index < -0.39 is 6.10 Å². The Morgan fingerprint density at radius 1 is 1.31 bits per heavy atom. The van der Waals surface area contributed by atoms with Gasteiger partial charge in [0.25, 0.3) is 0 Å². The van der Waals surface area contributed by atoms with Gasteiger partial charge in [-0.05, 0) is 24.8 Å². The van der Waals surface area contributed by atoms with Crippen molar-refractivity contribution < 1.29 is 9.84 Å². The molecule has 0 amide bonds. The maximum atomic E-state index is 10.1. The van der Waals surface area contributed by atoms with Crippen molar-refractivity contribution in [1.29, 1.82) is 0 Å². The van der Waals surface area contributed by atoms with E-state index in [2.05, 4.69) is 0 Å². The summed E-state index contributed by atoms with van der Waals surface area (Å²) in [6.07, 6.45) is 2.79. The number of ether oxygens (including phenoxy) is 1. The second-order valence-electron chi connectivity index (χ2n) is 4.14.